The summed E-state index contributed by atoms with van der Waals surface area (Å²) >= 11 is 0. The first-order chi connectivity index (χ1) is 8.50. The summed E-state index contributed by atoms with van der Waals surface area (Å²) in [6, 6.07) is 0. The van der Waals surface area contributed by atoms with Gasteiger partial charge in [0.25, 0.3) is 0 Å². The number of rotatable bonds is 2. The van der Waals surface area contributed by atoms with Crippen LogP contribution in [0.2, 0.25) is 0 Å². The lowest BCUT2D eigenvalue weighted by Gasteiger charge is -2.52. The van der Waals surface area contributed by atoms with Crippen molar-refractivity contribution < 1.29 is 5.11 Å². The van der Waals surface area contributed by atoms with Gasteiger partial charge in [-0.05, 0) is 67.8 Å². The van der Waals surface area contributed by atoms with E-state index >= 15 is 0 Å². The molecule has 0 aromatic carbocycles. The van der Waals surface area contributed by atoms with E-state index in [1.165, 1.54) is 44.1 Å². The number of aliphatic hydroxyl groups excluding tert-OH is 1. The third kappa shape index (κ3) is 2.39. The fourth-order valence-electron chi connectivity index (χ4n) is 4.63. The molecule has 0 radical (unpaired) electrons. The number of fused-ring (bicyclic) bond motifs is 1. The predicted octanol–water partition coefficient (Wildman–Crippen LogP) is 4.56. The zero-order valence-corrected chi connectivity index (χ0v) is 12.6. The molecular weight excluding hydrogens is 220 g/mol. The molecule has 1 nitrogen and oxygen atoms in total. The Kier molecular flexibility index (Phi) is 4.21. The molecule has 0 aromatic rings. The van der Waals surface area contributed by atoms with Crippen LogP contribution in [0, 0.1) is 23.2 Å². The highest BCUT2D eigenvalue weighted by molar-refractivity contribution is 5.17. The number of allylic oxidation sites excluding steroid dienone is 1. The average Bonchev–Trinajstić information content (AvgIpc) is 2.37. The lowest BCUT2D eigenvalue weighted by molar-refractivity contribution is -0.00318. The molecule has 0 saturated heterocycles. The zero-order valence-electron chi connectivity index (χ0n) is 12.6. The van der Waals surface area contributed by atoms with Crippen molar-refractivity contribution in [3.05, 3.63) is 11.1 Å². The van der Waals surface area contributed by atoms with Crippen molar-refractivity contribution in [3.8, 4) is 0 Å². The van der Waals surface area contributed by atoms with Crippen molar-refractivity contribution in [2.75, 3.05) is 6.61 Å². The van der Waals surface area contributed by atoms with Crippen LogP contribution in [0.1, 0.15) is 66.2 Å². The maximum Gasteiger partial charge on any atom is 0.0641 e. The van der Waals surface area contributed by atoms with Gasteiger partial charge < -0.3 is 5.11 Å². The summed E-state index contributed by atoms with van der Waals surface area (Å²) in [6.45, 7) is 9.71. The third-order valence-electron chi connectivity index (χ3n) is 6.08. The van der Waals surface area contributed by atoms with E-state index in [9.17, 15) is 5.11 Å². The van der Waals surface area contributed by atoms with E-state index < -0.39 is 0 Å². The van der Waals surface area contributed by atoms with Crippen LogP contribution < -0.4 is 0 Å². The second-order valence-electron chi connectivity index (χ2n) is 7.16. The van der Waals surface area contributed by atoms with E-state index in [1.807, 2.05) is 0 Å². The van der Waals surface area contributed by atoms with Crippen LogP contribution in [0.3, 0.4) is 0 Å². The molecule has 0 spiro atoms. The van der Waals surface area contributed by atoms with E-state index in [4.69, 9.17) is 0 Å². The fourth-order valence-corrected chi connectivity index (χ4v) is 4.63. The maximum atomic E-state index is 9.35. The monoisotopic (exact) mass is 250 g/mol. The van der Waals surface area contributed by atoms with Crippen molar-refractivity contribution >= 4 is 0 Å². The quantitative estimate of drug-likeness (QED) is 0.712. The highest BCUT2D eigenvalue weighted by Crippen LogP contribution is 2.55. The fraction of sp³-hybridized carbons (Fsp3) is 0.882. The lowest BCUT2D eigenvalue weighted by atomic mass is 9.53. The number of aliphatic hydroxyl groups is 1. The first kappa shape index (κ1) is 14.1. The summed E-state index contributed by atoms with van der Waals surface area (Å²) < 4.78 is 0. The first-order valence-electron chi connectivity index (χ1n) is 7.79. The maximum absolute atomic E-state index is 9.35. The molecule has 2 saturated carbocycles. The Balaban J connectivity index is 2.20. The van der Waals surface area contributed by atoms with Crippen LogP contribution in [-0.4, -0.2) is 11.7 Å². The summed E-state index contributed by atoms with van der Waals surface area (Å²) in [5.41, 5.74) is 3.28. The van der Waals surface area contributed by atoms with Gasteiger partial charge in [-0.25, -0.2) is 0 Å². The Morgan fingerprint density at radius 2 is 2.00 bits per heavy atom. The summed E-state index contributed by atoms with van der Waals surface area (Å²) in [7, 11) is 0. The molecule has 104 valence electrons. The Hall–Kier alpha value is -0.300. The van der Waals surface area contributed by atoms with E-state index in [1.54, 1.807) is 5.57 Å². The van der Waals surface area contributed by atoms with Gasteiger partial charge in [-0.1, -0.05) is 32.8 Å². The second-order valence-corrected chi connectivity index (χ2v) is 7.16. The molecule has 18 heavy (non-hydrogen) atoms. The lowest BCUT2D eigenvalue weighted by Crippen LogP contribution is -2.43. The van der Waals surface area contributed by atoms with Gasteiger partial charge in [-0.3, -0.25) is 0 Å². The van der Waals surface area contributed by atoms with E-state index in [2.05, 4.69) is 27.7 Å². The van der Waals surface area contributed by atoms with Gasteiger partial charge in [0.15, 0.2) is 0 Å². The molecule has 3 atom stereocenters. The van der Waals surface area contributed by atoms with Gasteiger partial charge in [0.05, 0.1) is 6.61 Å². The van der Waals surface area contributed by atoms with Gasteiger partial charge in [0, 0.05) is 0 Å². The van der Waals surface area contributed by atoms with Gasteiger partial charge in [0.2, 0.25) is 0 Å². The largest absolute Gasteiger partial charge is 0.392 e. The molecule has 2 aliphatic rings. The van der Waals surface area contributed by atoms with Crippen molar-refractivity contribution in [3.63, 3.8) is 0 Å². The molecule has 1 N–H and O–H groups in total. The molecule has 2 aliphatic carbocycles. The van der Waals surface area contributed by atoms with Crippen LogP contribution in [0.15, 0.2) is 11.1 Å². The molecule has 0 amide bonds. The standard InChI is InChI=1S/C17H30O/c1-5-15-9-8-13-6-7-14(12(2)11-18)10-16(13)17(15,3)4/h13,15-16,18H,5-11H2,1-4H3/t13-,15+,16+/m1/s1. The molecule has 0 bridgehead atoms. The Labute approximate surface area is 113 Å². The Morgan fingerprint density at radius 3 is 2.61 bits per heavy atom. The van der Waals surface area contributed by atoms with Crippen molar-refractivity contribution in [1.82, 2.24) is 0 Å². The number of hydrogen-bond acceptors (Lipinski definition) is 1. The molecular formula is C17H30O. The molecule has 0 aromatic heterocycles. The van der Waals surface area contributed by atoms with Crippen LogP contribution in [0.5, 0.6) is 0 Å². The molecule has 1 heteroatoms. The van der Waals surface area contributed by atoms with Gasteiger partial charge in [0.1, 0.15) is 0 Å². The highest BCUT2D eigenvalue weighted by Gasteiger charge is 2.45. The first-order valence-corrected chi connectivity index (χ1v) is 7.79. The molecule has 2 rings (SSSR count). The number of hydrogen-bond donors (Lipinski definition) is 1. The third-order valence-corrected chi connectivity index (χ3v) is 6.08. The molecule has 2 fully saturated rings. The SMILES string of the molecule is CC[C@H]1CC[C@H]2CCC(=C(C)CO)C[C@@H]2C1(C)C. The summed E-state index contributed by atoms with van der Waals surface area (Å²) in [5, 5.41) is 9.35. The van der Waals surface area contributed by atoms with Gasteiger partial charge >= 0.3 is 0 Å². The van der Waals surface area contributed by atoms with Crippen molar-refractivity contribution in [2.45, 2.75) is 66.2 Å². The van der Waals surface area contributed by atoms with Crippen LogP contribution in [0.4, 0.5) is 0 Å². The van der Waals surface area contributed by atoms with Crippen LogP contribution in [-0.2, 0) is 0 Å². The Bertz CT molecular complexity index is 327. The molecule has 0 unspecified atom stereocenters. The second kappa shape index (κ2) is 5.36. The zero-order chi connectivity index (χ0) is 13.3. The van der Waals surface area contributed by atoms with Crippen LogP contribution >= 0.6 is 0 Å². The summed E-state index contributed by atoms with van der Waals surface area (Å²) in [4.78, 5) is 0. The summed E-state index contributed by atoms with van der Waals surface area (Å²) in [5.74, 6) is 2.69. The molecule has 0 aliphatic heterocycles. The topological polar surface area (TPSA) is 20.2 Å². The predicted molar refractivity (Wildman–Crippen MR) is 77.4 cm³/mol. The van der Waals surface area contributed by atoms with Crippen molar-refractivity contribution in [2.24, 2.45) is 23.2 Å². The average molecular weight is 250 g/mol. The minimum Gasteiger partial charge on any atom is -0.392 e. The van der Waals surface area contributed by atoms with Crippen LogP contribution in [0.25, 0.3) is 0 Å². The van der Waals surface area contributed by atoms with E-state index in [0.29, 0.717) is 5.41 Å². The molecule has 0 heterocycles. The van der Waals surface area contributed by atoms with Gasteiger partial charge in [-0.15, -0.1) is 0 Å². The summed E-state index contributed by atoms with van der Waals surface area (Å²) in [6.07, 6.45) is 8.05. The Morgan fingerprint density at radius 1 is 1.28 bits per heavy atom. The highest BCUT2D eigenvalue weighted by atomic mass is 16.3. The minimum atomic E-state index is 0.254. The van der Waals surface area contributed by atoms with Crippen molar-refractivity contribution in [1.29, 1.82) is 0 Å². The van der Waals surface area contributed by atoms with E-state index in [-0.39, 0.29) is 6.61 Å². The normalized spacial score (nSPS) is 38.2. The minimum absolute atomic E-state index is 0.254. The van der Waals surface area contributed by atoms with Gasteiger partial charge in [-0.2, -0.15) is 0 Å². The van der Waals surface area contributed by atoms with E-state index in [0.717, 1.165) is 17.8 Å². The smallest absolute Gasteiger partial charge is 0.0641 e.